The fraction of sp³-hybridized carbons (Fsp3) is 0.667. The van der Waals surface area contributed by atoms with Crippen molar-refractivity contribution in [2.24, 2.45) is 5.92 Å². The van der Waals surface area contributed by atoms with Crippen LogP contribution in [0.4, 0.5) is 0 Å². The van der Waals surface area contributed by atoms with Crippen molar-refractivity contribution in [1.29, 1.82) is 0 Å². The molecule has 5 heteroatoms. The quantitative estimate of drug-likeness (QED) is 0.439. The van der Waals surface area contributed by atoms with Crippen LogP contribution >= 0.6 is 34.8 Å². The number of ketones is 1. The summed E-state index contributed by atoms with van der Waals surface area (Å²) < 4.78 is 3.42. The third kappa shape index (κ3) is 3.68. The predicted octanol–water partition coefficient (Wildman–Crippen LogP) is 3.26. The van der Waals surface area contributed by atoms with E-state index in [4.69, 9.17) is 39.5 Å². The number of halogens is 3. The van der Waals surface area contributed by atoms with Crippen molar-refractivity contribution >= 4 is 40.6 Å². The lowest BCUT2D eigenvalue weighted by molar-refractivity contribution is -0.114. The topological polar surface area (TPSA) is 26.3 Å². The Kier molecular flexibility index (Phi) is 4.11. The van der Waals surface area contributed by atoms with E-state index in [1.54, 1.807) is 0 Å². The van der Waals surface area contributed by atoms with Gasteiger partial charge in [-0.3, -0.25) is 4.79 Å². The van der Waals surface area contributed by atoms with E-state index in [0.717, 1.165) is 12.8 Å². The Morgan fingerprint density at radius 1 is 1.50 bits per heavy atom. The van der Waals surface area contributed by atoms with Crippen molar-refractivity contribution in [3.05, 3.63) is 11.8 Å². The molecule has 0 aromatic carbocycles. The summed E-state index contributed by atoms with van der Waals surface area (Å²) in [4.78, 5) is 11.3. The smallest absolute Gasteiger partial charge is 0.252 e. The van der Waals surface area contributed by atoms with Gasteiger partial charge in [0.15, 0.2) is 0 Å². The van der Waals surface area contributed by atoms with E-state index in [1.807, 2.05) is 6.92 Å². The molecule has 0 atom stereocenters. The number of allylic oxidation sites excluding steroid dienone is 2. The first-order valence-corrected chi connectivity index (χ1v) is 5.54. The highest BCUT2D eigenvalue weighted by Crippen LogP contribution is 2.38. The van der Waals surface area contributed by atoms with Gasteiger partial charge in [-0.2, -0.15) is 0 Å². The van der Waals surface area contributed by atoms with Gasteiger partial charge in [-0.15, -0.1) is 0 Å². The van der Waals surface area contributed by atoms with Gasteiger partial charge < -0.3 is 4.74 Å². The first-order valence-electron chi connectivity index (χ1n) is 4.40. The van der Waals surface area contributed by atoms with Crippen molar-refractivity contribution < 1.29 is 9.53 Å². The highest BCUT2D eigenvalue weighted by molar-refractivity contribution is 6.77. The molecule has 1 aliphatic rings. The Balaban J connectivity index is 2.66. The molecule has 0 aromatic heterocycles. The SMILES string of the molecule is CCO/C(=C/C(=O)C(Cl)(Cl)Cl)C1CC1. The van der Waals surface area contributed by atoms with E-state index in [9.17, 15) is 4.79 Å². The highest BCUT2D eigenvalue weighted by atomic mass is 35.6. The van der Waals surface area contributed by atoms with E-state index in [2.05, 4.69) is 0 Å². The third-order valence-electron chi connectivity index (χ3n) is 1.84. The van der Waals surface area contributed by atoms with Crippen LogP contribution < -0.4 is 0 Å². The summed E-state index contributed by atoms with van der Waals surface area (Å²) in [5, 5.41) is 0. The van der Waals surface area contributed by atoms with Gasteiger partial charge in [-0.25, -0.2) is 0 Å². The van der Waals surface area contributed by atoms with Gasteiger partial charge in [0.05, 0.1) is 6.61 Å². The fourth-order valence-corrected chi connectivity index (χ4v) is 1.19. The van der Waals surface area contributed by atoms with Crippen LogP contribution in [-0.2, 0) is 9.53 Å². The van der Waals surface area contributed by atoms with Crippen LogP contribution in [-0.4, -0.2) is 16.2 Å². The molecule has 0 spiro atoms. The molecule has 0 N–H and O–H groups in total. The van der Waals surface area contributed by atoms with E-state index in [1.165, 1.54) is 6.08 Å². The van der Waals surface area contributed by atoms with Gasteiger partial charge in [0.25, 0.3) is 3.79 Å². The lowest BCUT2D eigenvalue weighted by Crippen LogP contribution is -2.17. The molecule has 14 heavy (non-hydrogen) atoms. The lowest BCUT2D eigenvalue weighted by atomic mass is 10.2. The zero-order chi connectivity index (χ0) is 10.8. The van der Waals surface area contributed by atoms with Crippen molar-refractivity contribution in [2.45, 2.75) is 23.6 Å². The number of rotatable bonds is 4. The van der Waals surface area contributed by atoms with Crippen LogP contribution in [0.1, 0.15) is 19.8 Å². The molecule has 0 aliphatic heterocycles. The summed E-state index contributed by atoms with van der Waals surface area (Å²) in [7, 11) is 0. The zero-order valence-electron chi connectivity index (χ0n) is 7.73. The van der Waals surface area contributed by atoms with Crippen molar-refractivity contribution in [2.75, 3.05) is 6.61 Å². The summed E-state index contributed by atoms with van der Waals surface area (Å²) in [5.41, 5.74) is 0. The Labute approximate surface area is 98.1 Å². The Bertz CT molecular complexity index is 251. The number of hydrogen-bond acceptors (Lipinski definition) is 2. The molecule has 0 amide bonds. The molecule has 0 radical (unpaired) electrons. The monoisotopic (exact) mass is 256 g/mol. The minimum absolute atomic E-state index is 0.339. The molecule has 1 aliphatic carbocycles. The van der Waals surface area contributed by atoms with Crippen LogP contribution in [0.3, 0.4) is 0 Å². The molecule has 0 heterocycles. The number of alkyl halides is 3. The fourth-order valence-electron chi connectivity index (χ4n) is 1.02. The first kappa shape index (κ1) is 12.2. The average Bonchev–Trinajstić information content (AvgIpc) is 2.83. The van der Waals surface area contributed by atoms with Gasteiger partial charge >= 0.3 is 0 Å². The Morgan fingerprint density at radius 3 is 2.43 bits per heavy atom. The molecular weight excluding hydrogens is 246 g/mol. The molecule has 1 fully saturated rings. The van der Waals surface area contributed by atoms with Gasteiger partial charge in [0.1, 0.15) is 5.76 Å². The first-order chi connectivity index (χ1) is 6.45. The third-order valence-corrected chi connectivity index (χ3v) is 2.40. The number of carbonyl (C=O) groups is 1. The second-order valence-corrected chi connectivity index (χ2v) is 5.40. The standard InChI is InChI=1S/C9H11Cl3O2/c1-2-14-7(6-3-4-6)5-8(13)9(10,11)12/h5-6H,2-4H2,1H3/b7-5+. The predicted molar refractivity (Wildman–Crippen MR) is 57.7 cm³/mol. The second-order valence-electron chi connectivity index (χ2n) is 3.12. The normalized spacial score (nSPS) is 18.1. The largest absolute Gasteiger partial charge is 0.498 e. The number of ether oxygens (including phenoxy) is 1. The average molecular weight is 258 g/mol. The second kappa shape index (κ2) is 4.73. The zero-order valence-corrected chi connectivity index (χ0v) is 9.99. The molecule has 0 aromatic rings. The summed E-state index contributed by atoms with van der Waals surface area (Å²) in [6.07, 6.45) is 3.38. The Morgan fingerprint density at radius 2 is 2.07 bits per heavy atom. The maximum absolute atomic E-state index is 11.3. The van der Waals surface area contributed by atoms with Gasteiger partial charge in [0, 0.05) is 12.0 Å². The summed E-state index contributed by atoms with van der Waals surface area (Å²) in [6.45, 7) is 2.38. The summed E-state index contributed by atoms with van der Waals surface area (Å²) in [6, 6.07) is 0. The van der Waals surface area contributed by atoms with Crippen molar-refractivity contribution in [1.82, 2.24) is 0 Å². The maximum atomic E-state index is 11.3. The molecule has 0 saturated heterocycles. The molecule has 1 saturated carbocycles. The van der Waals surface area contributed by atoms with Gasteiger partial charge in [-0.05, 0) is 19.8 Å². The summed E-state index contributed by atoms with van der Waals surface area (Å²) in [5.74, 6) is 0.438. The van der Waals surface area contributed by atoms with Crippen molar-refractivity contribution in [3.63, 3.8) is 0 Å². The maximum Gasteiger partial charge on any atom is 0.252 e. The van der Waals surface area contributed by atoms with E-state index in [-0.39, 0.29) is 0 Å². The van der Waals surface area contributed by atoms with Crippen LogP contribution in [0.15, 0.2) is 11.8 Å². The highest BCUT2D eigenvalue weighted by Gasteiger charge is 2.33. The van der Waals surface area contributed by atoms with Crippen LogP contribution in [0.2, 0.25) is 0 Å². The van der Waals surface area contributed by atoms with Crippen LogP contribution in [0.5, 0.6) is 0 Å². The Hall–Kier alpha value is 0.0800. The van der Waals surface area contributed by atoms with Crippen LogP contribution in [0.25, 0.3) is 0 Å². The number of hydrogen-bond donors (Lipinski definition) is 0. The van der Waals surface area contributed by atoms with E-state index in [0.29, 0.717) is 18.3 Å². The molecule has 0 unspecified atom stereocenters. The molecule has 80 valence electrons. The van der Waals surface area contributed by atoms with Gasteiger partial charge in [-0.1, -0.05) is 34.8 Å². The minimum atomic E-state index is -1.88. The minimum Gasteiger partial charge on any atom is -0.498 e. The molecule has 0 bridgehead atoms. The lowest BCUT2D eigenvalue weighted by Gasteiger charge is -2.09. The van der Waals surface area contributed by atoms with Gasteiger partial charge in [0.2, 0.25) is 5.78 Å². The van der Waals surface area contributed by atoms with E-state index < -0.39 is 9.58 Å². The molecule has 1 rings (SSSR count). The molecule has 2 nitrogen and oxygen atoms in total. The van der Waals surface area contributed by atoms with Crippen molar-refractivity contribution in [3.8, 4) is 0 Å². The van der Waals surface area contributed by atoms with Crippen LogP contribution in [0, 0.1) is 5.92 Å². The number of carbonyl (C=O) groups excluding carboxylic acids is 1. The van der Waals surface area contributed by atoms with E-state index >= 15 is 0 Å². The molecular formula is C9H11Cl3O2. The summed E-state index contributed by atoms with van der Waals surface area (Å²) >= 11 is 16.3.